The first-order valence-electron chi connectivity index (χ1n) is 8.95. The molecule has 7 nitrogen and oxygen atoms in total. The van der Waals surface area contributed by atoms with Gasteiger partial charge in [-0.2, -0.15) is 0 Å². The fourth-order valence-corrected chi connectivity index (χ4v) is 4.02. The third-order valence-corrected chi connectivity index (χ3v) is 5.56. The van der Waals surface area contributed by atoms with E-state index in [9.17, 15) is 9.59 Å². The van der Waals surface area contributed by atoms with E-state index in [0.717, 1.165) is 37.7 Å². The summed E-state index contributed by atoms with van der Waals surface area (Å²) in [6.07, 6.45) is 4.46. The maximum absolute atomic E-state index is 12.8. The van der Waals surface area contributed by atoms with Crippen LogP contribution < -0.4 is 10.6 Å². The van der Waals surface area contributed by atoms with Crippen molar-refractivity contribution in [1.29, 1.82) is 0 Å². The van der Waals surface area contributed by atoms with Gasteiger partial charge in [0.1, 0.15) is 12.6 Å². The molecule has 0 radical (unpaired) electrons. The van der Waals surface area contributed by atoms with Crippen LogP contribution in [0.2, 0.25) is 0 Å². The summed E-state index contributed by atoms with van der Waals surface area (Å²) >= 11 is 6.17. The molecule has 1 saturated carbocycles. The first-order valence-corrected chi connectivity index (χ1v) is 10.2. The zero-order chi connectivity index (χ0) is 19.1. The van der Waals surface area contributed by atoms with Crippen molar-refractivity contribution in [3.8, 4) is 0 Å². The molecule has 3 N–H and O–H groups in total. The summed E-state index contributed by atoms with van der Waals surface area (Å²) in [5, 5.41) is 12.5. The third-order valence-electron chi connectivity index (χ3n) is 4.56. The quantitative estimate of drug-likeness (QED) is 0.630. The van der Waals surface area contributed by atoms with E-state index < -0.39 is 12.1 Å². The van der Waals surface area contributed by atoms with Crippen molar-refractivity contribution < 1.29 is 14.3 Å². The number of carbonyl (C=O) groups is 2. The van der Waals surface area contributed by atoms with Crippen LogP contribution in [0.4, 0.5) is 9.93 Å². The lowest BCUT2D eigenvalue weighted by molar-refractivity contribution is -0.119. The first-order chi connectivity index (χ1) is 13.1. The number of hydrogen-bond acceptors (Lipinski definition) is 6. The molecule has 1 aromatic heterocycles. The van der Waals surface area contributed by atoms with Gasteiger partial charge in [0.2, 0.25) is 11.0 Å². The molecule has 1 heterocycles. The largest absolute Gasteiger partial charge is 0.445 e. The number of carbonyl (C=O) groups excluding carboxylic acids is 2. The van der Waals surface area contributed by atoms with Crippen molar-refractivity contribution in [2.45, 2.75) is 44.8 Å². The maximum atomic E-state index is 12.8. The summed E-state index contributed by atoms with van der Waals surface area (Å²) in [4.78, 5) is 25.0. The van der Waals surface area contributed by atoms with Gasteiger partial charge < -0.3 is 10.1 Å². The molecule has 0 bridgehead atoms. The Morgan fingerprint density at radius 1 is 1.26 bits per heavy atom. The number of nitrogens with one attached hydrogen (secondary N) is 3. The minimum Gasteiger partial charge on any atom is -0.445 e. The molecule has 9 heteroatoms. The Balaban J connectivity index is 1.62. The second kappa shape index (κ2) is 9.61. The van der Waals surface area contributed by atoms with Crippen molar-refractivity contribution in [2.75, 3.05) is 5.32 Å². The number of hydrogen-bond donors (Lipinski definition) is 3. The van der Waals surface area contributed by atoms with Crippen LogP contribution >= 0.6 is 23.6 Å². The number of aromatic nitrogens is 2. The second-order valence-corrected chi connectivity index (χ2v) is 8.16. The van der Waals surface area contributed by atoms with Gasteiger partial charge in [0.25, 0.3) is 0 Å². The van der Waals surface area contributed by atoms with Gasteiger partial charge in [-0.3, -0.25) is 15.2 Å². The van der Waals surface area contributed by atoms with E-state index >= 15 is 0 Å². The summed E-state index contributed by atoms with van der Waals surface area (Å²) < 4.78 is 5.77. The van der Waals surface area contributed by atoms with Crippen LogP contribution in [-0.2, 0) is 16.1 Å². The molecule has 0 spiro atoms. The normalized spacial score (nSPS) is 15.7. The molecule has 1 aromatic carbocycles. The topological polar surface area (TPSA) is 96.1 Å². The van der Waals surface area contributed by atoms with E-state index in [4.69, 9.17) is 17.0 Å². The lowest BCUT2D eigenvalue weighted by Gasteiger charge is -2.29. The van der Waals surface area contributed by atoms with Gasteiger partial charge in [0.05, 0.1) is 0 Å². The number of anilines is 1. The molecule has 1 aliphatic carbocycles. The van der Waals surface area contributed by atoms with E-state index in [0.29, 0.717) is 9.09 Å². The van der Waals surface area contributed by atoms with Crippen molar-refractivity contribution in [3.63, 3.8) is 0 Å². The fourth-order valence-electron chi connectivity index (χ4n) is 3.22. The van der Waals surface area contributed by atoms with Crippen LogP contribution in [-0.4, -0.2) is 28.2 Å². The number of alkyl carbamates (subject to hydrolysis) is 1. The molecule has 0 aliphatic heterocycles. The molecule has 1 fully saturated rings. The van der Waals surface area contributed by atoms with Crippen LogP contribution in [0.15, 0.2) is 30.3 Å². The Labute approximate surface area is 166 Å². The van der Waals surface area contributed by atoms with Gasteiger partial charge in [0, 0.05) is 0 Å². The third kappa shape index (κ3) is 5.86. The lowest BCUT2D eigenvalue weighted by Crippen LogP contribution is -2.49. The van der Waals surface area contributed by atoms with Gasteiger partial charge in [-0.15, -0.1) is 5.10 Å². The molecule has 27 heavy (non-hydrogen) atoms. The van der Waals surface area contributed by atoms with Crippen LogP contribution in [0.5, 0.6) is 0 Å². The average Bonchev–Trinajstić information content (AvgIpc) is 3.10. The van der Waals surface area contributed by atoms with Gasteiger partial charge in [-0.05, 0) is 36.5 Å². The zero-order valence-corrected chi connectivity index (χ0v) is 16.4. The summed E-state index contributed by atoms with van der Waals surface area (Å²) in [6.45, 7) is 0.159. The molecular weight excluding hydrogens is 384 g/mol. The Bertz CT molecular complexity index is 815. The van der Waals surface area contributed by atoms with E-state index in [1.807, 2.05) is 30.3 Å². The molecular formula is C18H22N4O3S2. The van der Waals surface area contributed by atoms with Crippen LogP contribution in [0.3, 0.4) is 0 Å². The number of H-pyrrole nitrogens is 1. The Hall–Kier alpha value is -2.26. The van der Waals surface area contributed by atoms with Gasteiger partial charge in [-0.25, -0.2) is 4.79 Å². The minimum atomic E-state index is -0.661. The number of ether oxygens (including phenoxy) is 1. The van der Waals surface area contributed by atoms with Crippen LogP contribution in [0.25, 0.3) is 0 Å². The predicted octanol–water partition coefficient (Wildman–Crippen LogP) is 4.01. The standard InChI is InChI=1S/C18H22N4O3S2/c23-15(20-16-21-22-18(26)27-16)14(13-9-5-2-6-10-13)19-17(24)25-11-12-7-3-1-4-8-12/h1,3-4,7-8,13-14H,2,5-6,9-11H2,(H,19,24)(H,22,26)(H,20,21,23)/t14-/m0/s1. The summed E-state index contributed by atoms with van der Waals surface area (Å²) in [5.41, 5.74) is 0.891. The zero-order valence-electron chi connectivity index (χ0n) is 14.8. The van der Waals surface area contributed by atoms with Crippen LogP contribution in [0, 0.1) is 9.87 Å². The number of rotatable bonds is 6. The van der Waals surface area contributed by atoms with Crippen molar-refractivity contribution in [3.05, 3.63) is 39.8 Å². The van der Waals surface area contributed by atoms with Crippen molar-refractivity contribution >= 4 is 40.7 Å². The Morgan fingerprint density at radius 2 is 2.00 bits per heavy atom. The van der Waals surface area contributed by atoms with Crippen molar-refractivity contribution in [1.82, 2.24) is 15.5 Å². The lowest BCUT2D eigenvalue weighted by atomic mass is 9.83. The number of benzene rings is 1. The smallest absolute Gasteiger partial charge is 0.408 e. The number of aromatic amines is 1. The SMILES string of the molecule is O=C(N[C@H](C(=O)Nc1n[nH]c(=S)s1)C1CCCCC1)OCc1ccccc1. The molecule has 0 saturated heterocycles. The van der Waals surface area contributed by atoms with Crippen molar-refractivity contribution in [2.24, 2.45) is 5.92 Å². The molecule has 3 rings (SSSR count). The molecule has 144 valence electrons. The number of amides is 2. The molecule has 2 aromatic rings. The predicted molar refractivity (Wildman–Crippen MR) is 106 cm³/mol. The highest BCUT2D eigenvalue weighted by Crippen LogP contribution is 2.27. The first kappa shape index (κ1) is 19.5. The Kier molecular flexibility index (Phi) is 6.94. The van der Waals surface area contributed by atoms with Gasteiger partial charge in [0.15, 0.2) is 3.95 Å². The highest BCUT2D eigenvalue weighted by atomic mass is 32.1. The van der Waals surface area contributed by atoms with Gasteiger partial charge in [-0.1, -0.05) is 60.9 Å². The summed E-state index contributed by atoms with van der Waals surface area (Å²) in [5.74, 6) is -0.216. The van der Waals surface area contributed by atoms with E-state index in [1.54, 1.807) is 0 Å². The highest BCUT2D eigenvalue weighted by Gasteiger charge is 2.32. The molecule has 1 atom stereocenters. The fraction of sp³-hybridized carbons (Fsp3) is 0.444. The Morgan fingerprint density at radius 3 is 2.67 bits per heavy atom. The minimum absolute atomic E-state index is 0.0786. The monoisotopic (exact) mass is 406 g/mol. The average molecular weight is 407 g/mol. The second-order valence-electron chi connectivity index (χ2n) is 6.49. The van der Waals surface area contributed by atoms with E-state index in [1.165, 1.54) is 11.3 Å². The van der Waals surface area contributed by atoms with E-state index in [2.05, 4.69) is 20.8 Å². The van der Waals surface area contributed by atoms with Gasteiger partial charge >= 0.3 is 6.09 Å². The highest BCUT2D eigenvalue weighted by molar-refractivity contribution is 7.73. The molecule has 0 unspecified atom stereocenters. The number of nitrogens with zero attached hydrogens (tertiary/aromatic N) is 1. The summed E-state index contributed by atoms with van der Waals surface area (Å²) in [6, 6.07) is 8.76. The molecule has 1 aliphatic rings. The maximum Gasteiger partial charge on any atom is 0.408 e. The molecule has 2 amide bonds. The van der Waals surface area contributed by atoms with Crippen LogP contribution in [0.1, 0.15) is 37.7 Å². The summed E-state index contributed by atoms with van der Waals surface area (Å²) in [7, 11) is 0. The van der Waals surface area contributed by atoms with E-state index in [-0.39, 0.29) is 18.4 Å².